The predicted molar refractivity (Wildman–Crippen MR) is 109 cm³/mol. The fourth-order valence-corrected chi connectivity index (χ4v) is 4.67. The SMILES string of the molecule is CCCC1=C(F)CC(c2ccc3c(c2F)Oc2c(cc(CCC)c(F)c2F)C3)CC1. The fraction of sp³-hybridized carbons (Fsp3) is 0.440. The molecule has 160 valence electrons. The molecule has 1 nitrogen and oxygen atoms in total. The molecule has 0 N–H and O–H groups in total. The summed E-state index contributed by atoms with van der Waals surface area (Å²) in [4.78, 5) is 0. The number of aryl methyl sites for hydroxylation is 1. The average molecular weight is 418 g/mol. The summed E-state index contributed by atoms with van der Waals surface area (Å²) >= 11 is 0. The molecule has 0 bridgehead atoms. The lowest BCUT2D eigenvalue weighted by atomic mass is 9.81. The van der Waals surface area contributed by atoms with Crippen LogP contribution in [-0.4, -0.2) is 0 Å². The second-order valence-corrected chi connectivity index (χ2v) is 8.34. The van der Waals surface area contributed by atoms with E-state index in [0.717, 1.165) is 18.4 Å². The molecule has 0 saturated carbocycles. The second kappa shape index (κ2) is 8.44. The van der Waals surface area contributed by atoms with E-state index in [4.69, 9.17) is 4.74 Å². The monoisotopic (exact) mass is 418 g/mol. The number of hydrogen-bond donors (Lipinski definition) is 0. The minimum absolute atomic E-state index is 0.0646. The Hall–Kier alpha value is -2.30. The van der Waals surface area contributed by atoms with Crippen LogP contribution >= 0.6 is 0 Å². The van der Waals surface area contributed by atoms with Crippen LogP contribution in [0.5, 0.6) is 11.5 Å². The van der Waals surface area contributed by atoms with Gasteiger partial charge in [-0.05, 0) is 54.4 Å². The third-order valence-corrected chi connectivity index (χ3v) is 6.22. The number of rotatable bonds is 5. The van der Waals surface area contributed by atoms with Gasteiger partial charge in [0.25, 0.3) is 0 Å². The van der Waals surface area contributed by atoms with Crippen molar-refractivity contribution in [3.8, 4) is 11.5 Å². The Morgan fingerprint density at radius 3 is 2.33 bits per heavy atom. The van der Waals surface area contributed by atoms with Crippen LogP contribution in [-0.2, 0) is 12.8 Å². The van der Waals surface area contributed by atoms with Gasteiger partial charge in [-0.3, -0.25) is 0 Å². The molecular weight excluding hydrogens is 392 g/mol. The molecule has 30 heavy (non-hydrogen) atoms. The van der Waals surface area contributed by atoms with Gasteiger partial charge in [0, 0.05) is 24.0 Å². The first-order valence-corrected chi connectivity index (χ1v) is 10.8. The summed E-state index contributed by atoms with van der Waals surface area (Å²) in [6, 6.07) is 5.07. The Bertz CT molecular complexity index is 1010. The highest BCUT2D eigenvalue weighted by atomic mass is 19.2. The highest BCUT2D eigenvalue weighted by Gasteiger charge is 2.31. The van der Waals surface area contributed by atoms with E-state index < -0.39 is 17.5 Å². The third kappa shape index (κ3) is 3.63. The molecular formula is C25H26F4O. The van der Waals surface area contributed by atoms with Gasteiger partial charge in [-0.2, -0.15) is 4.39 Å². The molecule has 5 heteroatoms. The molecule has 2 aromatic carbocycles. The standard InChI is InChI=1S/C25H26F4O/c1-3-5-14-7-8-15(13-20(14)26)19-10-9-17-12-18-11-16(6-4-2)21(27)23(29)25(18)30-24(17)22(19)28/h9-11,15H,3-8,12-13H2,1-2H3. The van der Waals surface area contributed by atoms with Gasteiger partial charge >= 0.3 is 0 Å². The van der Waals surface area contributed by atoms with Crippen molar-refractivity contribution in [3.63, 3.8) is 0 Å². The van der Waals surface area contributed by atoms with E-state index in [1.807, 2.05) is 13.8 Å². The minimum Gasteiger partial charge on any atom is -0.450 e. The van der Waals surface area contributed by atoms with Crippen LogP contribution in [0.3, 0.4) is 0 Å². The number of benzene rings is 2. The molecule has 2 aromatic rings. The smallest absolute Gasteiger partial charge is 0.201 e. The molecule has 0 fully saturated rings. The van der Waals surface area contributed by atoms with Gasteiger partial charge in [-0.1, -0.05) is 38.8 Å². The predicted octanol–water partition coefficient (Wildman–Crippen LogP) is 8.04. The minimum atomic E-state index is -1.07. The molecule has 0 saturated heterocycles. The molecule has 1 heterocycles. The maximum atomic E-state index is 15.4. The van der Waals surface area contributed by atoms with Crippen LogP contribution in [0.2, 0.25) is 0 Å². The number of allylic oxidation sites excluding steroid dienone is 2. The van der Waals surface area contributed by atoms with Crippen LogP contribution in [0.25, 0.3) is 0 Å². The highest BCUT2D eigenvalue weighted by molar-refractivity contribution is 5.54. The third-order valence-electron chi connectivity index (χ3n) is 6.22. The van der Waals surface area contributed by atoms with E-state index in [2.05, 4.69) is 0 Å². The Morgan fingerprint density at radius 1 is 0.900 bits per heavy atom. The lowest BCUT2D eigenvalue weighted by Crippen LogP contribution is -2.13. The van der Waals surface area contributed by atoms with E-state index >= 15 is 4.39 Å². The van der Waals surface area contributed by atoms with Gasteiger partial charge in [0.2, 0.25) is 5.82 Å². The zero-order valence-electron chi connectivity index (χ0n) is 17.4. The number of ether oxygens (including phenoxy) is 1. The quantitative estimate of drug-likeness (QED) is 0.381. The summed E-state index contributed by atoms with van der Waals surface area (Å²) in [6.07, 6.45) is 4.46. The molecule has 2 aliphatic rings. The fourth-order valence-electron chi connectivity index (χ4n) is 4.67. The maximum Gasteiger partial charge on any atom is 0.201 e. The molecule has 1 aliphatic heterocycles. The molecule has 1 unspecified atom stereocenters. The molecule has 0 amide bonds. The molecule has 1 atom stereocenters. The number of hydrogen-bond acceptors (Lipinski definition) is 1. The van der Waals surface area contributed by atoms with E-state index in [9.17, 15) is 13.2 Å². The van der Waals surface area contributed by atoms with Crippen molar-refractivity contribution < 1.29 is 22.3 Å². The van der Waals surface area contributed by atoms with Gasteiger partial charge < -0.3 is 4.74 Å². The van der Waals surface area contributed by atoms with Crippen molar-refractivity contribution >= 4 is 0 Å². The zero-order chi connectivity index (χ0) is 21.4. The summed E-state index contributed by atoms with van der Waals surface area (Å²) < 4.78 is 64.4. The molecule has 1 aliphatic carbocycles. The summed E-state index contributed by atoms with van der Waals surface area (Å²) in [7, 11) is 0. The van der Waals surface area contributed by atoms with Crippen LogP contribution < -0.4 is 4.74 Å². The van der Waals surface area contributed by atoms with Crippen LogP contribution in [0.15, 0.2) is 29.6 Å². The first kappa shape index (κ1) is 21.0. The van der Waals surface area contributed by atoms with Gasteiger partial charge in [-0.25, -0.2) is 13.2 Å². The van der Waals surface area contributed by atoms with Gasteiger partial charge in [0.1, 0.15) is 0 Å². The van der Waals surface area contributed by atoms with Gasteiger partial charge in [0.15, 0.2) is 23.1 Å². The van der Waals surface area contributed by atoms with Gasteiger partial charge in [-0.15, -0.1) is 0 Å². The van der Waals surface area contributed by atoms with Crippen LogP contribution in [0, 0.1) is 17.5 Å². The van der Waals surface area contributed by atoms with Gasteiger partial charge in [0.05, 0.1) is 5.83 Å². The summed E-state index contributed by atoms with van der Waals surface area (Å²) in [5.41, 5.74) is 2.64. The van der Waals surface area contributed by atoms with Crippen molar-refractivity contribution in [2.75, 3.05) is 0 Å². The summed E-state index contributed by atoms with van der Waals surface area (Å²) in [5.74, 6) is -3.32. The summed E-state index contributed by atoms with van der Waals surface area (Å²) in [6.45, 7) is 3.91. The Morgan fingerprint density at radius 2 is 1.63 bits per heavy atom. The first-order valence-electron chi connectivity index (χ1n) is 10.8. The Balaban J connectivity index is 1.66. The summed E-state index contributed by atoms with van der Waals surface area (Å²) in [5, 5.41) is 0. The molecule has 0 radical (unpaired) electrons. The average Bonchev–Trinajstić information content (AvgIpc) is 2.73. The van der Waals surface area contributed by atoms with Crippen molar-refractivity contribution in [1.29, 1.82) is 0 Å². The van der Waals surface area contributed by atoms with Crippen molar-refractivity contribution in [1.82, 2.24) is 0 Å². The van der Waals surface area contributed by atoms with E-state index in [0.29, 0.717) is 47.9 Å². The topological polar surface area (TPSA) is 9.23 Å². The van der Waals surface area contributed by atoms with E-state index in [1.165, 1.54) is 0 Å². The Labute approximate surface area is 174 Å². The van der Waals surface area contributed by atoms with Crippen LogP contribution in [0.1, 0.15) is 80.5 Å². The van der Waals surface area contributed by atoms with Crippen molar-refractivity contribution in [2.24, 2.45) is 0 Å². The van der Waals surface area contributed by atoms with E-state index in [1.54, 1.807) is 18.2 Å². The lowest BCUT2D eigenvalue weighted by Gasteiger charge is -2.27. The van der Waals surface area contributed by atoms with Crippen molar-refractivity contribution in [3.05, 3.63) is 69.3 Å². The molecule has 0 spiro atoms. The van der Waals surface area contributed by atoms with Crippen LogP contribution in [0.4, 0.5) is 17.6 Å². The largest absolute Gasteiger partial charge is 0.450 e. The Kier molecular flexibility index (Phi) is 5.90. The first-order chi connectivity index (χ1) is 14.4. The lowest BCUT2D eigenvalue weighted by molar-refractivity contribution is 0.373. The number of fused-ring (bicyclic) bond motifs is 2. The van der Waals surface area contributed by atoms with E-state index in [-0.39, 0.29) is 36.1 Å². The maximum absolute atomic E-state index is 15.4. The zero-order valence-corrected chi connectivity index (χ0v) is 17.4. The second-order valence-electron chi connectivity index (χ2n) is 8.34. The molecule has 0 aromatic heterocycles. The van der Waals surface area contributed by atoms with Crippen molar-refractivity contribution in [2.45, 2.75) is 71.1 Å². The highest BCUT2D eigenvalue weighted by Crippen LogP contribution is 2.46. The number of halogens is 4. The normalized spacial score (nSPS) is 18.1. The molecule has 4 rings (SSSR count).